The van der Waals surface area contributed by atoms with E-state index < -0.39 is 22.1 Å². The maximum absolute atomic E-state index is 13.1. The Bertz CT molecular complexity index is 999. The number of hydrogen-bond donors (Lipinski definition) is 1. The Kier molecular flexibility index (Phi) is 4.56. The second-order valence-corrected chi connectivity index (χ2v) is 8.78. The number of para-hydroxylation sites is 1. The van der Waals surface area contributed by atoms with Crippen LogP contribution in [0.25, 0.3) is 16.3 Å². The zero-order valence-electron chi connectivity index (χ0n) is 11.9. The molecular formula is C14H10BrF2N3O2S2. The van der Waals surface area contributed by atoms with Gasteiger partial charge in [0.15, 0.2) is 0 Å². The minimum Gasteiger partial charge on any atom is -0.230 e. The molecule has 0 aliphatic rings. The lowest BCUT2D eigenvalue weighted by atomic mass is 10.3. The van der Waals surface area contributed by atoms with Crippen molar-refractivity contribution in [1.29, 1.82) is 0 Å². The van der Waals surface area contributed by atoms with Crippen molar-refractivity contribution in [2.24, 2.45) is 5.14 Å². The molecule has 3 rings (SSSR count). The van der Waals surface area contributed by atoms with Crippen LogP contribution in [0.15, 0.2) is 51.1 Å². The third kappa shape index (κ3) is 3.27. The van der Waals surface area contributed by atoms with Gasteiger partial charge in [-0.1, -0.05) is 12.1 Å². The normalized spacial score (nSPS) is 12.0. The van der Waals surface area contributed by atoms with Crippen LogP contribution >= 0.6 is 27.3 Å². The number of alkyl halides is 2. The van der Waals surface area contributed by atoms with E-state index >= 15 is 0 Å². The number of rotatable bonds is 4. The van der Waals surface area contributed by atoms with Gasteiger partial charge in [-0.25, -0.2) is 27.0 Å². The summed E-state index contributed by atoms with van der Waals surface area (Å²) in [6, 6.07) is 10.6. The van der Waals surface area contributed by atoms with Crippen LogP contribution in [-0.2, 0) is 10.0 Å². The highest BCUT2D eigenvalue weighted by atomic mass is 79.9. The molecule has 2 N–H and O–H groups in total. The molecule has 2 aromatic heterocycles. The van der Waals surface area contributed by atoms with E-state index in [4.69, 9.17) is 5.14 Å². The van der Waals surface area contributed by atoms with Crippen LogP contribution in [0.1, 0.15) is 12.1 Å². The van der Waals surface area contributed by atoms with Crippen LogP contribution < -0.4 is 5.14 Å². The topological polar surface area (TPSA) is 78.0 Å². The lowest BCUT2D eigenvalue weighted by molar-refractivity contribution is 0.145. The molecule has 0 fully saturated rings. The van der Waals surface area contributed by atoms with Crippen LogP contribution in [0.5, 0.6) is 0 Å². The van der Waals surface area contributed by atoms with Crippen LogP contribution in [0.2, 0.25) is 0 Å². The SMILES string of the molecule is NS(=O)(=O)c1ccccc1-n1nc(C(F)F)cc1-c1ccc(Br)s1. The summed E-state index contributed by atoms with van der Waals surface area (Å²) in [5, 5.41) is 9.11. The molecule has 0 unspecified atom stereocenters. The van der Waals surface area contributed by atoms with Crippen LogP contribution in [0.4, 0.5) is 8.78 Å². The highest BCUT2D eigenvalue weighted by Crippen LogP contribution is 2.35. The molecule has 5 nitrogen and oxygen atoms in total. The van der Waals surface area contributed by atoms with E-state index in [1.54, 1.807) is 18.2 Å². The number of sulfonamides is 1. The summed E-state index contributed by atoms with van der Waals surface area (Å²) in [4.78, 5) is 0.469. The minimum absolute atomic E-state index is 0.117. The quantitative estimate of drug-likeness (QED) is 0.676. The van der Waals surface area contributed by atoms with Crippen molar-refractivity contribution in [3.63, 3.8) is 0 Å². The number of benzene rings is 1. The Morgan fingerprint density at radius 3 is 2.50 bits per heavy atom. The number of thiophene rings is 1. The zero-order chi connectivity index (χ0) is 17.5. The van der Waals surface area contributed by atoms with E-state index in [2.05, 4.69) is 21.0 Å². The molecule has 24 heavy (non-hydrogen) atoms. The van der Waals surface area contributed by atoms with Crippen LogP contribution in [0.3, 0.4) is 0 Å². The number of aromatic nitrogens is 2. The fraction of sp³-hybridized carbons (Fsp3) is 0.0714. The smallest absolute Gasteiger partial charge is 0.230 e. The summed E-state index contributed by atoms with van der Waals surface area (Å²) >= 11 is 4.64. The Balaban J connectivity index is 2.29. The Morgan fingerprint density at radius 2 is 1.92 bits per heavy atom. The molecule has 0 bridgehead atoms. The molecule has 0 radical (unpaired) electrons. The fourth-order valence-electron chi connectivity index (χ4n) is 2.19. The predicted octanol–water partition coefficient (Wildman–Crippen LogP) is 3.95. The zero-order valence-corrected chi connectivity index (χ0v) is 15.1. The van der Waals surface area contributed by atoms with E-state index in [9.17, 15) is 17.2 Å². The van der Waals surface area contributed by atoms with Gasteiger partial charge in [-0.2, -0.15) is 5.10 Å². The summed E-state index contributed by atoms with van der Waals surface area (Å²) in [6.07, 6.45) is -2.78. The van der Waals surface area contributed by atoms with Crippen molar-refractivity contribution in [2.45, 2.75) is 11.3 Å². The molecule has 0 aliphatic carbocycles. The molecule has 0 aliphatic heterocycles. The van der Waals surface area contributed by atoms with Gasteiger partial charge in [0.25, 0.3) is 6.43 Å². The molecule has 0 saturated heterocycles. The lowest BCUT2D eigenvalue weighted by Crippen LogP contribution is -2.16. The van der Waals surface area contributed by atoms with Gasteiger partial charge in [-0.3, -0.25) is 0 Å². The van der Waals surface area contributed by atoms with Gasteiger partial charge in [0.2, 0.25) is 10.0 Å². The second kappa shape index (κ2) is 6.36. The van der Waals surface area contributed by atoms with E-state index in [-0.39, 0.29) is 10.6 Å². The Hall–Kier alpha value is -1.62. The van der Waals surface area contributed by atoms with Crippen molar-refractivity contribution < 1.29 is 17.2 Å². The van der Waals surface area contributed by atoms with Gasteiger partial charge >= 0.3 is 0 Å². The molecule has 0 saturated carbocycles. The number of nitrogens with zero attached hydrogens (tertiary/aromatic N) is 2. The predicted molar refractivity (Wildman–Crippen MR) is 90.9 cm³/mol. The van der Waals surface area contributed by atoms with Crippen molar-refractivity contribution in [3.05, 3.63) is 51.9 Å². The summed E-state index contributed by atoms with van der Waals surface area (Å²) in [5.74, 6) is 0. The monoisotopic (exact) mass is 433 g/mol. The van der Waals surface area contributed by atoms with Gasteiger partial charge in [-0.05, 0) is 46.3 Å². The van der Waals surface area contributed by atoms with Crippen molar-refractivity contribution in [2.75, 3.05) is 0 Å². The molecule has 0 spiro atoms. The van der Waals surface area contributed by atoms with Gasteiger partial charge in [-0.15, -0.1) is 11.3 Å². The Labute approximate surface area is 148 Å². The molecular weight excluding hydrogens is 424 g/mol. The third-order valence-electron chi connectivity index (χ3n) is 3.18. The lowest BCUT2D eigenvalue weighted by Gasteiger charge is -2.10. The van der Waals surface area contributed by atoms with Crippen LogP contribution in [0, 0.1) is 0 Å². The number of halogens is 3. The van der Waals surface area contributed by atoms with E-state index in [1.807, 2.05) is 0 Å². The van der Waals surface area contributed by atoms with Crippen molar-refractivity contribution in [1.82, 2.24) is 9.78 Å². The number of hydrogen-bond acceptors (Lipinski definition) is 4. The summed E-state index contributed by atoms with van der Waals surface area (Å²) in [7, 11) is -4.04. The standard InChI is InChI=1S/C14H10BrF2N3O2S2/c15-13-6-5-11(23-13)10-7-8(14(16)17)19-20(10)9-3-1-2-4-12(9)24(18,21)22/h1-7,14H,(H2,18,21,22). The summed E-state index contributed by atoms with van der Waals surface area (Å²) in [5.41, 5.74) is 0.0299. The van der Waals surface area contributed by atoms with Gasteiger partial charge in [0.05, 0.1) is 20.0 Å². The van der Waals surface area contributed by atoms with E-state index in [0.717, 1.165) is 3.79 Å². The maximum Gasteiger partial charge on any atom is 0.282 e. The van der Waals surface area contributed by atoms with E-state index in [1.165, 1.54) is 40.3 Å². The number of primary sulfonamides is 1. The number of nitrogens with two attached hydrogens (primary N) is 1. The average Bonchev–Trinajstić information content (AvgIpc) is 3.12. The molecule has 2 heterocycles. The molecule has 1 aromatic carbocycles. The van der Waals surface area contributed by atoms with Gasteiger partial charge in [0.1, 0.15) is 10.6 Å². The third-order valence-corrected chi connectivity index (χ3v) is 5.78. The molecule has 3 aromatic rings. The summed E-state index contributed by atoms with van der Waals surface area (Å²) < 4.78 is 51.8. The minimum atomic E-state index is -4.04. The fourth-order valence-corrected chi connectivity index (χ4v) is 4.29. The van der Waals surface area contributed by atoms with Crippen LogP contribution in [-0.4, -0.2) is 18.2 Å². The Morgan fingerprint density at radius 1 is 1.21 bits per heavy atom. The molecule has 0 atom stereocenters. The molecule has 10 heteroatoms. The molecule has 126 valence electrons. The van der Waals surface area contributed by atoms with Crippen molar-refractivity contribution >= 4 is 37.3 Å². The largest absolute Gasteiger partial charge is 0.282 e. The van der Waals surface area contributed by atoms with E-state index in [0.29, 0.717) is 10.6 Å². The highest BCUT2D eigenvalue weighted by molar-refractivity contribution is 9.11. The van der Waals surface area contributed by atoms with Crippen molar-refractivity contribution in [3.8, 4) is 16.3 Å². The summed E-state index contributed by atoms with van der Waals surface area (Å²) in [6.45, 7) is 0. The first kappa shape index (κ1) is 17.2. The van der Waals surface area contributed by atoms with Gasteiger partial charge < -0.3 is 0 Å². The first-order valence-corrected chi connectivity index (χ1v) is 9.69. The second-order valence-electron chi connectivity index (χ2n) is 4.78. The van der Waals surface area contributed by atoms with Gasteiger partial charge in [0, 0.05) is 0 Å². The maximum atomic E-state index is 13.1. The highest BCUT2D eigenvalue weighted by Gasteiger charge is 2.22. The first-order chi connectivity index (χ1) is 11.3. The average molecular weight is 434 g/mol. The first-order valence-electron chi connectivity index (χ1n) is 6.53. The molecule has 0 amide bonds.